The number of aromatic nitrogens is 2. The second kappa shape index (κ2) is 6.32. The zero-order valence-corrected chi connectivity index (χ0v) is 13.0. The lowest BCUT2D eigenvalue weighted by Crippen LogP contribution is -2.22. The smallest absolute Gasteiger partial charge is 0.134 e. The molecule has 0 saturated carbocycles. The van der Waals surface area contributed by atoms with Crippen LogP contribution in [0, 0.1) is 12.8 Å². The van der Waals surface area contributed by atoms with Gasteiger partial charge >= 0.3 is 0 Å². The van der Waals surface area contributed by atoms with Crippen molar-refractivity contribution in [3.63, 3.8) is 0 Å². The summed E-state index contributed by atoms with van der Waals surface area (Å²) in [6.45, 7) is 3.32. The number of anilines is 2. The lowest BCUT2D eigenvalue weighted by Gasteiger charge is -2.18. The molecule has 0 spiro atoms. The number of aliphatic hydroxyl groups is 1. The number of hydrogen-bond acceptors (Lipinski definition) is 5. The Morgan fingerprint density at radius 3 is 2.73 bits per heavy atom. The van der Waals surface area contributed by atoms with Gasteiger partial charge in [-0.1, -0.05) is 30.3 Å². The molecular weight excluding hydrogens is 276 g/mol. The largest absolute Gasteiger partial charge is 0.391 e. The molecule has 1 aromatic carbocycles. The van der Waals surface area contributed by atoms with Gasteiger partial charge in [-0.05, 0) is 18.9 Å². The van der Waals surface area contributed by atoms with Crippen LogP contribution in [0.5, 0.6) is 0 Å². The Labute approximate surface area is 131 Å². The summed E-state index contributed by atoms with van der Waals surface area (Å²) >= 11 is 0. The van der Waals surface area contributed by atoms with Crippen molar-refractivity contribution in [2.24, 2.45) is 5.92 Å². The Bertz CT molecular complexity index is 632. The molecule has 2 N–H and O–H groups in total. The molecule has 1 fully saturated rings. The minimum Gasteiger partial charge on any atom is -0.391 e. The first-order chi connectivity index (χ1) is 10.7. The summed E-state index contributed by atoms with van der Waals surface area (Å²) < 4.78 is 0. The Morgan fingerprint density at radius 1 is 1.23 bits per heavy atom. The summed E-state index contributed by atoms with van der Waals surface area (Å²) in [6.07, 6.45) is 0.565. The Hall–Kier alpha value is -2.14. The van der Waals surface area contributed by atoms with Crippen molar-refractivity contribution in [2.75, 3.05) is 30.4 Å². The van der Waals surface area contributed by atoms with E-state index in [1.807, 2.05) is 38.2 Å². The van der Waals surface area contributed by atoms with Crippen LogP contribution in [0.25, 0.3) is 0 Å². The van der Waals surface area contributed by atoms with Gasteiger partial charge in [0, 0.05) is 32.1 Å². The molecule has 1 aliphatic heterocycles. The molecule has 0 amide bonds. The maximum Gasteiger partial charge on any atom is 0.134 e. The predicted molar refractivity (Wildman–Crippen MR) is 88.2 cm³/mol. The number of hydrogen-bond donors (Lipinski definition) is 2. The van der Waals surface area contributed by atoms with Gasteiger partial charge in [0.25, 0.3) is 0 Å². The van der Waals surface area contributed by atoms with E-state index in [0.29, 0.717) is 6.54 Å². The van der Waals surface area contributed by atoms with Crippen LogP contribution in [0.15, 0.2) is 36.4 Å². The standard InChI is InChI=1S/C17H22N4O/c1-12-19-16(18-2)9-17(20-12)21-10-14(15(22)11-21)8-13-6-4-3-5-7-13/h3-7,9,14-15,22H,8,10-11H2,1-2H3,(H,18,19,20)/t14-,15-/m1/s1. The van der Waals surface area contributed by atoms with Crippen LogP contribution in [0.2, 0.25) is 0 Å². The topological polar surface area (TPSA) is 61.3 Å². The van der Waals surface area contributed by atoms with Crippen LogP contribution in [0.3, 0.4) is 0 Å². The highest BCUT2D eigenvalue weighted by atomic mass is 16.3. The number of aliphatic hydroxyl groups excluding tert-OH is 1. The molecule has 5 heteroatoms. The van der Waals surface area contributed by atoms with Crippen molar-refractivity contribution in [1.29, 1.82) is 0 Å². The average Bonchev–Trinajstić information content (AvgIpc) is 2.89. The van der Waals surface area contributed by atoms with E-state index in [-0.39, 0.29) is 12.0 Å². The molecule has 116 valence electrons. The quantitative estimate of drug-likeness (QED) is 0.902. The van der Waals surface area contributed by atoms with Crippen LogP contribution in [-0.2, 0) is 6.42 Å². The lowest BCUT2D eigenvalue weighted by molar-refractivity contribution is 0.148. The van der Waals surface area contributed by atoms with Crippen molar-refractivity contribution in [1.82, 2.24) is 9.97 Å². The molecule has 0 unspecified atom stereocenters. The van der Waals surface area contributed by atoms with Crippen LogP contribution in [0.1, 0.15) is 11.4 Å². The van der Waals surface area contributed by atoms with E-state index >= 15 is 0 Å². The molecule has 1 aromatic heterocycles. The first-order valence-corrected chi connectivity index (χ1v) is 7.66. The highest BCUT2D eigenvalue weighted by Crippen LogP contribution is 2.26. The number of rotatable bonds is 4. The normalized spacial score (nSPS) is 21.1. The van der Waals surface area contributed by atoms with Crippen LogP contribution in [0.4, 0.5) is 11.6 Å². The van der Waals surface area contributed by atoms with E-state index in [1.54, 1.807) is 0 Å². The zero-order chi connectivity index (χ0) is 15.5. The number of nitrogens with one attached hydrogen (secondary N) is 1. The molecule has 2 atom stereocenters. The van der Waals surface area contributed by atoms with Crippen molar-refractivity contribution >= 4 is 11.6 Å². The van der Waals surface area contributed by atoms with Crippen LogP contribution < -0.4 is 10.2 Å². The zero-order valence-electron chi connectivity index (χ0n) is 13.0. The van der Waals surface area contributed by atoms with E-state index in [0.717, 1.165) is 30.4 Å². The molecule has 0 radical (unpaired) electrons. The second-order valence-electron chi connectivity index (χ2n) is 5.83. The second-order valence-corrected chi connectivity index (χ2v) is 5.83. The first kappa shape index (κ1) is 14.8. The summed E-state index contributed by atoms with van der Waals surface area (Å²) in [7, 11) is 1.85. The molecular formula is C17H22N4O. The fourth-order valence-electron chi connectivity index (χ4n) is 3.00. The van der Waals surface area contributed by atoms with E-state index in [1.165, 1.54) is 5.56 Å². The van der Waals surface area contributed by atoms with Crippen LogP contribution in [-0.4, -0.2) is 41.3 Å². The molecule has 0 bridgehead atoms. The summed E-state index contributed by atoms with van der Waals surface area (Å²) in [4.78, 5) is 11.0. The van der Waals surface area contributed by atoms with Gasteiger partial charge in [-0.25, -0.2) is 9.97 Å². The monoisotopic (exact) mass is 298 g/mol. The van der Waals surface area contributed by atoms with Gasteiger partial charge in [0.2, 0.25) is 0 Å². The maximum absolute atomic E-state index is 10.4. The molecule has 1 aliphatic rings. The SMILES string of the molecule is CNc1cc(N2C[C@@H](Cc3ccccc3)[C@H](O)C2)nc(C)n1. The molecule has 2 aromatic rings. The fraction of sp³-hybridized carbons (Fsp3) is 0.412. The summed E-state index contributed by atoms with van der Waals surface area (Å²) in [6, 6.07) is 12.3. The van der Waals surface area contributed by atoms with Gasteiger partial charge in [0.1, 0.15) is 17.5 Å². The van der Waals surface area contributed by atoms with Gasteiger partial charge in [-0.2, -0.15) is 0 Å². The van der Waals surface area contributed by atoms with Gasteiger partial charge in [-0.3, -0.25) is 0 Å². The molecule has 2 heterocycles. The third-order valence-electron chi connectivity index (χ3n) is 4.15. The van der Waals surface area contributed by atoms with E-state index in [2.05, 4.69) is 32.3 Å². The Kier molecular flexibility index (Phi) is 4.24. The third-order valence-corrected chi connectivity index (χ3v) is 4.15. The predicted octanol–water partition coefficient (Wildman–Crippen LogP) is 1.87. The minimum atomic E-state index is -0.325. The van der Waals surface area contributed by atoms with E-state index in [9.17, 15) is 5.11 Å². The summed E-state index contributed by atoms with van der Waals surface area (Å²) in [5.41, 5.74) is 1.27. The Balaban J connectivity index is 1.74. The van der Waals surface area contributed by atoms with Crippen molar-refractivity contribution in [3.05, 3.63) is 47.8 Å². The molecule has 3 rings (SSSR count). The van der Waals surface area contributed by atoms with E-state index < -0.39 is 0 Å². The first-order valence-electron chi connectivity index (χ1n) is 7.66. The van der Waals surface area contributed by atoms with Gasteiger partial charge in [0.15, 0.2) is 0 Å². The lowest BCUT2D eigenvalue weighted by atomic mass is 9.97. The number of aryl methyl sites for hydroxylation is 1. The van der Waals surface area contributed by atoms with Crippen LogP contribution >= 0.6 is 0 Å². The molecule has 22 heavy (non-hydrogen) atoms. The Morgan fingerprint density at radius 2 is 2.00 bits per heavy atom. The van der Waals surface area contributed by atoms with Gasteiger partial charge in [-0.15, -0.1) is 0 Å². The number of nitrogens with zero attached hydrogens (tertiary/aromatic N) is 3. The summed E-state index contributed by atoms with van der Waals surface area (Å²) in [5, 5.41) is 13.4. The maximum atomic E-state index is 10.4. The average molecular weight is 298 g/mol. The highest BCUT2D eigenvalue weighted by molar-refractivity contribution is 5.50. The van der Waals surface area contributed by atoms with Gasteiger partial charge in [0.05, 0.1) is 6.10 Å². The van der Waals surface area contributed by atoms with Crippen molar-refractivity contribution in [2.45, 2.75) is 19.4 Å². The molecule has 1 saturated heterocycles. The number of β-amino-alcohol motifs (C(OH)–C–C–N with tert-alkyl or cyclic N) is 1. The van der Waals surface area contributed by atoms with Crippen molar-refractivity contribution < 1.29 is 5.11 Å². The van der Waals surface area contributed by atoms with Gasteiger partial charge < -0.3 is 15.3 Å². The fourth-order valence-corrected chi connectivity index (χ4v) is 3.00. The molecule has 0 aliphatic carbocycles. The third kappa shape index (κ3) is 3.20. The van der Waals surface area contributed by atoms with Crippen molar-refractivity contribution in [3.8, 4) is 0 Å². The summed E-state index contributed by atoms with van der Waals surface area (Å²) in [5.74, 6) is 2.66. The number of benzene rings is 1. The highest BCUT2D eigenvalue weighted by Gasteiger charge is 2.32. The minimum absolute atomic E-state index is 0.232. The van der Waals surface area contributed by atoms with E-state index in [4.69, 9.17) is 0 Å². The molecule has 5 nitrogen and oxygen atoms in total.